The predicted octanol–water partition coefficient (Wildman–Crippen LogP) is 3.53. The van der Waals surface area contributed by atoms with E-state index in [0.717, 1.165) is 21.5 Å². The largest absolute Gasteiger partial charge is 0.241 e. The lowest BCUT2D eigenvalue weighted by atomic mass is 10.1. The standard InChI is InChI=1S/C11H18BrNO2S2/c1-8(2)5-4-6-13-17(14,15)10-7-11(12)16-9(10)3/h7-8,13H,4-6H2,1-3H3. The summed E-state index contributed by atoms with van der Waals surface area (Å²) in [4.78, 5) is 1.20. The predicted molar refractivity (Wildman–Crippen MR) is 76.0 cm³/mol. The summed E-state index contributed by atoms with van der Waals surface area (Å²) in [5.74, 6) is 0.608. The normalized spacial score (nSPS) is 12.3. The van der Waals surface area contributed by atoms with E-state index in [1.807, 2.05) is 6.92 Å². The lowest BCUT2D eigenvalue weighted by molar-refractivity contribution is 0.540. The fourth-order valence-corrected chi connectivity index (χ4v) is 4.98. The van der Waals surface area contributed by atoms with Gasteiger partial charge in [0.2, 0.25) is 10.0 Å². The summed E-state index contributed by atoms with van der Waals surface area (Å²) in [7, 11) is -3.34. The van der Waals surface area contributed by atoms with Crippen LogP contribution in [0.15, 0.2) is 14.7 Å². The Kier molecular flexibility index (Phi) is 5.63. The molecule has 0 saturated carbocycles. The molecule has 1 heterocycles. The van der Waals surface area contributed by atoms with Gasteiger partial charge in [0, 0.05) is 11.4 Å². The molecule has 1 N–H and O–H groups in total. The first kappa shape index (κ1) is 15.1. The van der Waals surface area contributed by atoms with E-state index in [-0.39, 0.29) is 0 Å². The third kappa shape index (κ3) is 4.69. The molecule has 17 heavy (non-hydrogen) atoms. The molecule has 0 saturated heterocycles. The number of rotatable bonds is 6. The van der Waals surface area contributed by atoms with Gasteiger partial charge in [-0.1, -0.05) is 13.8 Å². The van der Waals surface area contributed by atoms with E-state index in [2.05, 4.69) is 34.5 Å². The molecular formula is C11H18BrNO2S2. The van der Waals surface area contributed by atoms with Crippen molar-refractivity contribution in [3.8, 4) is 0 Å². The first-order chi connectivity index (χ1) is 7.83. The van der Waals surface area contributed by atoms with Gasteiger partial charge in [-0.25, -0.2) is 13.1 Å². The maximum absolute atomic E-state index is 12.0. The molecule has 0 aromatic carbocycles. The Morgan fingerprint density at radius 3 is 2.59 bits per heavy atom. The monoisotopic (exact) mass is 339 g/mol. The molecule has 0 aliphatic rings. The fraction of sp³-hybridized carbons (Fsp3) is 0.636. The lowest BCUT2D eigenvalue weighted by Gasteiger charge is -2.07. The molecule has 1 aromatic rings. The van der Waals surface area contributed by atoms with Gasteiger partial charge in [0.25, 0.3) is 0 Å². The van der Waals surface area contributed by atoms with Crippen molar-refractivity contribution in [2.75, 3.05) is 6.54 Å². The van der Waals surface area contributed by atoms with E-state index in [4.69, 9.17) is 0 Å². The molecule has 1 aromatic heterocycles. The van der Waals surface area contributed by atoms with E-state index in [1.165, 1.54) is 11.3 Å². The number of hydrogen-bond acceptors (Lipinski definition) is 3. The van der Waals surface area contributed by atoms with Crippen LogP contribution in [-0.2, 0) is 10.0 Å². The van der Waals surface area contributed by atoms with E-state index in [0.29, 0.717) is 17.4 Å². The first-order valence-corrected chi connectivity index (χ1v) is 8.68. The van der Waals surface area contributed by atoms with Crippen molar-refractivity contribution < 1.29 is 8.42 Å². The Morgan fingerprint density at radius 1 is 1.47 bits per heavy atom. The van der Waals surface area contributed by atoms with Crippen molar-refractivity contribution >= 4 is 37.3 Å². The van der Waals surface area contributed by atoms with E-state index in [1.54, 1.807) is 6.07 Å². The SMILES string of the molecule is Cc1sc(Br)cc1S(=O)(=O)NCCCC(C)C. The highest BCUT2D eigenvalue weighted by Crippen LogP contribution is 2.29. The summed E-state index contributed by atoms with van der Waals surface area (Å²) in [6.07, 6.45) is 1.91. The average Bonchev–Trinajstić information content (AvgIpc) is 2.53. The van der Waals surface area contributed by atoms with Crippen molar-refractivity contribution in [2.24, 2.45) is 5.92 Å². The minimum Gasteiger partial charge on any atom is -0.211 e. The Balaban J connectivity index is 2.60. The maximum atomic E-state index is 12.0. The second-order valence-electron chi connectivity index (χ2n) is 4.40. The van der Waals surface area contributed by atoms with Gasteiger partial charge in [0.1, 0.15) is 0 Å². The van der Waals surface area contributed by atoms with Crippen LogP contribution in [0.2, 0.25) is 0 Å². The van der Waals surface area contributed by atoms with Crippen LogP contribution in [0.3, 0.4) is 0 Å². The summed E-state index contributed by atoms with van der Waals surface area (Å²) in [6, 6.07) is 1.66. The zero-order valence-corrected chi connectivity index (χ0v) is 13.5. The quantitative estimate of drug-likeness (QED) is 0.805. The van der Waals surface area contributed by atoms with Crippen LogP contribution in [-0.4, -0.2) is 15.0 Å². The summed E-state index contributed by atoms with van der Waals surface area (Å²) < 4.78 is 27.5. The number of halogens is 1. The van der Waals surface area contributed by atoms with E-state index in [9.17, 15) is 8.42 Å². The highest BCUT2D eigenvalue weighted by atomic mass is 79.9. The third-order valence-corrected chi connectivity index (χ3v) is 5.65. The smallest absolute Gasteiger partial charge is 0.211 e. The second kappa shape index (κ2) is 6.31. The van der Waals surface area contributed by atoms with Gasteiger partial charge >= 0.3 is 0 Å². The zero-order valence-electron chi connectivity index (χ0n) is 10.3. The molecule has 0 spiro atoms. The Labute approximate surface area is 116 Å². The van der Waals surface area contributed by atoms with Gasteiger partial charge in [-0.2, -0.15) is 0 Å². The fourth-order valence-electron chi connectivity index (χ4n) is 1.49. The number of aryl methyl sites for hydroxylation is 1. The Morgan fingerprint density at radius 2 is 2.12 bits per heavy atom. The molecule has 0 unspecified atom stereocenters. The van der Waals surface area contributed by atoms with Crippen LogP contribution >= 0.6 is 27.3 Å². The highest BCUT2D eigenvalue weighted by molar-refractivity contribution is 9.11. The molecule has 0 bridgehead atoms. The first-order valence-electron chi connectivity index (χ1n) is 5.58. The highest BCUT2D eigenvalue weighted by Gasteiger charge is 2.18. The van der Waals surface area contributed by atoms with Crippen LogP contribution in [0.1, 0.15) is 31.6 Å². The molecule has 0 aliphatic carbocycles. The molecule has 6 heteroatoms. The molecule has 0 fully saturated rings. The summed E-state index contributed by atoms with van der Waals surface area (Å²) in [6.45, 7) is 6.59. The average molecular weight is 340 g/mol. The zero-order chi connectivity index (χ0) is 13.1. The van der Waals surface area contributed by atoms with Crippen LogP contribution in [0.4, 0.5) is 0 Å². The second-order valence-corrected chi connectivity index (χ2v) is 8.78. The molecular weight excluding hydrogens is 322 g/mol. The van der Waals surface area contributed by atoms with Gasteiger partial charge < -0.3 is 0 Å². The topological polar surface area (TPSA) is 46.2 Å². The van der Waals surface area contributed by atoms with Crippen LogP contribution in [0.25, 0.3) is 0 Å². The van der Waals surface area contributed by atoms with Crippen LogP contribution < -0.4 is 4.72 Å². The number of hydrogen-bond donors (Lipinski definition) is 1. The molecule has 0 aliphatic heterocycles. The van der Waals surface area contributed by atoms with Gasteiger partial charge in [-0.3, -0.25) is 0 Å². The van der Waals surface area contributed by atoms with Gasteiger partial charge in [0.05, 0.1) is 8.68 Å². The van der Waals surface area contributed by atoms with Crippen LogP contribution in [0, 0.1) is 12.8 Å². The van der Waals surface area contributed by atoms with Gasteiger partial charge in [0.15, 0.2) is 0 Å². The number of nitrogens with one attached hydrogen (secondary N) is 1. The van der Waals surface area contributed by atoms with Crippen molar-refractivity contribution in [3.05, 3.63) is 14.7 Å². The number of thiophene rings is 1. The van der Waals surface area contributed by atoms with Crippen LogP contribution in [0.5, 0.6) is 0 Å². The molecule has 98 valence electrons. The van der Waals surface area contributed by atoms with Gasteiger partial charge in [-0.15, -0.1) is 11.3 Å². The molecule has 3 nitrogen and oxygen atoms in total. The van der Waals surface area contributed by atoms with E-state index >= 15 is 0 Å². The van der Waals surface area contributed by atoms with Crippen molar-refractivity contribution in [1.82, 2.24) is 4.72 Å². The summed E-state index contributed by atoms with van der Waals surface area (Å²) in [5, 5.41) is 0. The van der Waals surface area contributed by atoms with E-state index < -0.39 is 10.0 Å². The molecule has 1 rings (SSSR count). The van der Waals surface area contributed by atoms with Crippen molar-refractivity contribution in [3.63, 3.8) is 0 Å². The van der Waals surface area contributed by atoms with Crippen molar-refractivity contribution in [2.45, 2.75) is 38.5 Å². The Hall–Kier alpha value is 0.0900. The third-order valence-electron chi connectivity index (χ3n) is 2.38. The molecule has 0 radical (unpaired) electrons. The summed E-state index contributed by atoms with van der Waals surface area (Å²) >= 11 is 4.74. The number of sulfonamides is 1. The Bertz CT molecular complexity index is 466. The van der Waals surface area contributed by atoms with Crippen molar-refractivity contribution in [1.29, 1.82) is 0 Å². The lowest BCUT2D eigenvalue weighted by Crippen LogP contribution is -2.25. The minimum atomic E-state index is -3.34. The van der Waals surface area contributed by atoms with Gasteiger partial charge in [-0.05, 0) is 47.7 Å². The summed E-state index contributed by atoms with van der Waals surface area (Å²) in [5.41, 5.74) is 0. The molecule has 0 atom stereocenters. The minimum absolute atomic E-state index is 0.388. The molecule has 0 amide bonds. The maximum Gasteiger partial charge on any atom is 0.241 e.